The van der Waals surface area contributed by atoms with Crippen LogP contribution in [-0.2, 0) is 0 Å². The van der Waals surface area contributed by atoms with Gasteiger partial charge in [-0.05, 0) is 25.6 Å². The van der Waals surface area contributed by atoms with Crippen LogP contribution in [0.25, 0.3) is 0 Å². The monoisotopic (exact) mass is 253 g/mol. The number of hydrogen-bond donors (Lipinski definition) is 1. The van der Waals surface area contributed by atoms with Crippen molar-refractivity contribution in [1.82, 2.24) is 5.32 Å². The maximum atomic E-state index is 6.01. The number of rotatable bonds is 3. The molecule has 1 unspecified atom stereocenters. The van der Waals surface area contributed by atoms with Crippen LogP contribution < -0.4 is 10.1 Å². The Labute approximate surface area is 114 Å². The topological polar surface area (TPSA) is 21.3 Å². The standard InChI is InChI=1S/C17H19NO/c1-3-18-12(2)17-13-8-4-6-10-15(13)19-16-11-7-5-9-14(16)17/h4-12,17-18H,3H2,1-2H3. The van der Waals surface area contributed by atoms with Crippen LogP contribution in [0.4, 0.5) is 0 Å². The summed E-state index contributed by atoms with van der Waals surface area (Å²) in [6, 6.07) is 17.1. The molecule has 98 valence electrons. The lowest BCUT2D eigenvalue weighted by molar-refractivity contribution is 0.415. The van der Waals surface area contributed by atoms with E-state index in [1.165, 1.54) is 11.1 Å². The van der Waals surface area contributed by atoms with Crippen LogP contribution in [0, 0.1) is 0 Å². The third kappa shape index (κ3) is 2.13. The largest absolute Gasteiger partial charge is 0.457 e. The number of likely N-dealkylation sites (N-methyl/N-ethyl adjacent to an activating group) is 1. The molecule has 2 aromatic rings. The zero-order valence-corrected chi connectivity index (χ0v) is 11.4. The van der Waals surface area contributed by atoms with Crippen LogP contribution in [0.15, 0.2) is 48.5 Å². The molecule has 0 radical (unpaired) electrons. The van der Waals surface area contributed by atoms with E-state index in [-0.39, 0.29) is 0 Å². The molecule has 1 aliphatic rings. The minimum absolute atomic E-state index is 0.348. The summed E-state index contributed by atoms with van der Waals surface area (Å²) in [5, 5.41) is 3.54. The maximum absolute atomic E-state index is 6.01. The zero-order valence-electron chi connectivity index (χ0n) is 11.4. The Kier molecular flexibility index (Phi) is 3.26. The second-order valence-corrected chi connectivity index (χ2v) is 5.00. The number of ether oxygens (including phenoxy) is 1. The third-order valence-electron chi connectivity index (χ3n) is 3.75. The van der Waals surface area contributed by atoms with E-state index in [4.69, 9.17) is 4.74 Å². The number of benzene rings is 2. The van der Waals surface area contributed by atoms with Gasteiger partial charge in [-0.25, -0.2) is 0 Å². The molecule has 1 aliphatic heterocycles. The smallest absolute Gasteiger partial charge is 0.131 e. The molecule has 0 bridgehead atoms. The average molecular weight is 253 g/mol. The van der Waals surface area contributed by atoms with E-state index in [1.807, 2.05) is 12.1 Å². The molecule has 0 spiro atoms. The Morgan fingerprint density at radius 2 is 1.53 bits per heavy atom. The number of nitrogens with one attached hydrogen (secondary N) is 1. The second-order valence-electron chi connectivity index (χ2n) is 5.00. The Hall–Kier alpha value is -1.80. The lowest BCUT2D eigenvalue weighted by atomic mass is 9.83. The molecule has 2 heteroatoms. The Balaban J connectivity index is 2.11. The molecule has 19 heavy (non-hydrogen) atoms. The quantitative estimate of drug-likeness (QED) is 0.895. The molecule has 0 fully saturated rings. The van der Waals surface area contributed by atoms with Gasteiger partial charge in [-0.1, -0.05) is 43.3 Å². The Bertz CT molecular complexity index is 533. The number of para-hydroxylation sites is 2. The molecule has 1 N–H and O–H groups in total. The van der Waals surface area contributed by atoms with Gasteiger partial charge in [0.25, 0.3) is 0 Å². The van der Waals surface area contributed by atoms with E-state index in [2.05, 4.69) is 55.6 Å². The molecular formula is C17H19NO. The summed E-state index contributed by atoms with van der Waals surface area (Å²) in [4.78, 5) is 0. The SMILES string of the molecule is CCNC(C)C1c2ccccc2Oc2ccccc21. The average Bonchev–Trinajstić information content (AvgIpc) is 2.44. The van der Waals surface area contributed by atoms with Gasteiger partial charge in [0, 0.05) is 23.1 Å². The highest BCUT2D eigenvalue weighted by Gasteiger charge is 2.30. The van der Waals surface area contributed by atoms with Crippen molar-refractivity contribution >= 4 is 0 Å². The van der Waals surface area contributed by atoms with E-state index >= 15 is 0 Å². The summed E-state index contributed by atoms with van der Waals surface area (Å²) in [7, 11) is 0. The summed E-state index contributed by atoms with van der Waals surface area (Å²) in [6.45, 7) is 5.36. The molecule has 0 aliphatic carbocycles. The minimum atomic E-state index is 0.348. The highest BCUT2D eigenvalue weighted by molar-refractivity contribution is 5.54. The van der Waals surface area contributed by atoms with Gasteiger partial charge in [0.15, 0.2) is 0 Å². The van der Waals surface area contributed by atoms with Gasteiger partial charge in [-0.15, -0.1) is 0 Å². The van der Waals surface area contributed by atoms with Gasteiger partial charge in [-0.3, -0.25) is 0 Å². The number of hydrogen-bond acceptors (Lipinski definition) is 2. The predicted octanol–water partition coefficient (Wildman–Crippen LogP) is 3.92. The van der Waals surface area contributed by atoms with E-state index < -0.39 is 0 Å². The molecule has 1 atom stereocenters. The van der Waals surface area contributed by atoms with Crippen molar-refractivity contribution in [3.8, 4) is 11.5 Å². The first kappa shape index (κ1) is 12.2. The van der Waals surface area contributed by atoms with E-state index in [1.54, 1.807) is 0 Å². The van der Waals surface area contributed by atoms with E-state index in [0.717, 1.165) is 18.0 Å². The van der Waals surface area contributed by atoms with Crippen molar-refractivity contribution in [3.63, 3.8) is 0 Å². The first-order valence-corrected chi connectivity index (χ1v) is 6.90. The first-order valence-electron chi connectivity index (χ1n) is 6.90. The highest BCUT2D eigenvalue weighted by atomic mass is 16.5. The van der Waals surface area contributed by atoms with Gasteiger partial charge < -0.3 is 10.1 Å². The van der Waals surface area contributed by atoms with Crippen molar-refractivity contribution in [3.05, 3.63) is 59.7 Å². The van der Waals surface area contributed by atoms with E-state index in [0.29, 0.717) is 12.0 Å². The van der Waals surface area contributed by atoms with Gasteiger partial charge >= 0.3 is 0 Å². The molecule has 0 saturated heterocycles. The molecule has 2 aromatic carbocycles. The third-order valence-corrected chi connectivity index (χ3v) is 3.75. The summed E-state index contributed by atoms with van der Waals surface area (Å²) >= 11 is 0. The van der Waals surface area contributed by atoms with Crippen molar-refractivity contribution in [2.75, 3.05) is 6.54 Å². The Morgan fingerprint density at radius 1 is 1.00 bits per heavy atom. The van der Waals surface area contributed by atoms with Crippen molar-refractivity contribution in [2.24, 2.45) is 0 Å². The van der Waals surface area contributed by atoms with Crippen LogP contribution in [-0.4, -0.2) is 12.6 Å². The molecular weight excluding hydrogens is 234 g/mol. The summed E-state index contributed by atoms with van der Waals surface area (Å²) in [6.07, 6.45) is 0. The summed E-state index contributed by atoms with van der Waals surface area (Å²) in [5.41, 5.74) is 2.55. The lowest BCUT2D eigenvalue weighted by Gasteiger charge is -2.32. The minimum Gasteiger partial charge on any atom is -0.457 e. The fraction of sp³-hybridized carbons (Fsp3) is 0.294. The summed E-state index contributed by atoms with van der Waals surface area (Å²) in [5.74, 6) is 2.31. The predicted molar refractivity (Wildman–Crippen MR) is 77.9 cm³/mol. The molecule has 2 nitrogen and oxygen atoms in total. The van der Waals surface area contributed by atoms with Crippen LogP contribution >= 0.6 is 0 Å². The van der Waals surface area contributed by atoms with Gasteiger partial charge in [0.05, 0.1) is 0 Å². The van der Waals surface area contributed by atoms with E-state index in [9.17, 15) is 0 Å². The lowest BCUT2D eigenvalue weighted by Crippen LogP contribution is -2.34. The van der Waals surface area contributed by atoms with Crippen LogP contribution in [0.3, 0.4) is 0 Å². The second kappa shape index (κ2) is 5.06. The Morgan fingerprint density at radius 3 is 2.05 bits per heavy atom. The van der Waals surface area contributed by atoms with Crippen molar-refractivity contribution < 1.29 is 4.74 Å². The summed E-state index contributed by atoms with van der Waals surface area (Å²) < 4.78 is 6.01. The van der Waals surface area contributed by atoms with Crippen LogP contribution in [0.2, 0.25) is 0 Å². The van der Waals surface area contributed by atoms with Gasteiger partial charge in [0.1, 0.15) is 11.5 Å². The zero-order chi connectivity index (χ0) is 13.2. The molecule has 0 aromatic heterocycles. The van der Waals surface area contributed by atoms with Gasteiger partial charge in [0.2, 0.25) is 0 Å². The maximum Gasteiger partial charge on any atom is 0.131 e. The molecule has 1 heterocycles. The highest BCUT2D eigenvalue weighted by Crippen LogP contribution is 2.45. The molecule has 0 amide bonds. The van der Waals surface area contributed by atoms with Gasteiger partial charge in [-0.2, -0.15) is 0 Å². The fourth-order valence-corrected chi connectivity index (χ4v) is 2.93. The van der Waals surface area contributed by atoms with Crippen molar-refractivity contribution in [1.29, 1.82) is 0 Å². The fourth-order valence-electron chi connectivity index (χ4n) is 2.93. The normalized spacial score (nSPS) is 15.3. The first-order chi connectivity index (χ1) is 9.31. The molecule has 0 saturated carbocycles. The van der Waals surface area contributed by atoms with Crippen molar-refractivity contribution in [2.45, 2.75) is 25.8 Å². The molecule has 3 rings (SSSR count). The van der Waals surface area contributed by atoms with Crippen LogP contribution in [0.5, 0.6) is 11.5 Å². The van der Waals surface area contributed by atoms with Crippen LogP contribution in [0.1, 0.15) is 30.9 Å². The number of fused-ring (bicyclic) bond motifs is 2.